The highest BCUT2D eigenvalue weighted by molar-refractivity contribution is 5.83. The molecule has 148 valence electrons. The van der Waals surface area contributed by atoms with Crippen LogP contribution >= 0.6 is 0 Å². The molecule has 1 aromatic rings. The van der Waals surface area contributed by atoms with E-state index < -0.39 is 0 Å². The summed E-state index contributed by atoms with van der Waals surface area (Å²) in [6.07, 6.45) is 2.23. The predicted octanol–water partition coefficient (Wildman–Crippen LogP) is 1.49. The molecule has 2 aliphatic rings. The van der Waals surface area contributed by atoms with Gasteiger partial charge in [-0.15, -0.1) is 0 Å². The van der Waals surface area contributed by atoms with E-state index in [9.17, 15) is 9.59 Å². The number of hydrogen-bond acceptors (Lipinski definition) is 4. The Labute approximate surface area is 162 Å². The minimum atomic E-state index is -0.242. The van der Waals surface area contributed by atoms with Gasteiger partial charge in [-0.3, -0.25) is 19.4 Å². The molecular weight excluding hydrogens is 340 g/mol. The molecule has 1 aliphatic carbocycles. The van der Waals surface area contributed by atoms with E-state index in [1.165, 1.54) is 0 Å². The molecule has 1 saturated heterocycles. The number of nitrogens with one attached hydrogen (secondary N) is 1. The summed E-state index contributed by atoms with van der Waals surface area (Å²) in [6, 6.07) is 10.2. The summed E-state index contributed by atoms with van der Waals surface area (Å²) < 4.78 is 0. The van der Waals surface area contributed by atoms with E-state index >= 15 is 0 Å². The highest BCUT2D eigenvalue weighted by Gasteiger charge is 2.33. The number of nitrogens with zero attached hydrogens (tertiary/aromatic N) is 3. The average Bonchev–Trinajstić information content (AvgIpc) is 3.49. The van der Waals surface area contributed by atoms with Crippen molar-refractivity contribution >= 4 is 11.8 Å². The highest BCUT2D eigenvalue weighted by atomic mass is 16.2. The van der Waals surface area contributed by atoms with Crippen molar-refractivity contribution in [1.82, 2.24) is 20.0 Å². The van der Waals surface area contributed by atoms with Gasteiger partial charge in [0, 0.05) is 45.3 Å². The predicted molar refractivity (Wildman–Crippen MR) is 106 cm³/mol. The summed E-state index contributed by atoms with van der Waals surface area (Å²) in [6.45, 7) is 9.18. The molecule has 6 nitrogen and oxygen atoms in total. The molecule has 1 atom stereocenters. The van der Waals surface area contributed by atoms with Gasteiger partial charge in [0.2, 0.25) is 11.8 Å². The molecule has 0 spiro atoms. The fourth-order valence-corrected chi connectivity index (χ4v) is 3.74. The standard InChI is InChI=1S/C21H32N4O2/c1-3-24(4-2)21(27)20(17-8-6-5-7-9-17)25-14-12-23(13-15-25)16-19(26)22-18-10-11-18/h5-9,18,20H,3-4,10-16H2,1-2H3,(H,22,26). The van der Waals surface area contributed by atoms with Crippen molar-refractivity contribution in [3.05, 3.63) is 35.9 Å². The second-order valence-corrected chi connectivity index (χ2v) is 7.48. The Kier molecular flexibility index (Phi) is 6.85. The molecule has 1 heterocycles. The van der Waals surface area contributed by atoms with E-state index in [1.54, 1.807) is 0 Å². The second kappa shape index (κ2) is 9.33. The van der Waals surface area contributed by atoms with E-state index in [0.717, 1.165) is 57.7 Å². The fourth-order valence-electron chi connectivity index (χ4n) is 3.74. The quantitative estimate of drug-likeness (QED) is 0.751. The smallest absolute Gasteiger partial charge is 0.244 e. The fraction of sp³-hybridized carbons (Fsp3) is 0.619. The van der Waals surface area contributed by atoms with Gasteiger partial charge in [-0.1, -0.05) is 30.3 Å². The van der Waals surface area contributed by atoms with Crippen LogP contribution in [0.2, 0.25) is 0 Å². The number of rotatable bonds is 8. The van der Waals surface area contributed by atoms with Crippen molar-refractivity contribution in [2.45, 2.75) is 38.8 Å². The van der Waals surface area contributed by atoms with Crippen molar-refractivity contribution in [2.75, 3.05) is 45.8 Å². The maximum atomic E-state index is 13.2. The molecule has 2 amide bonds. The Bertz CT molecular complexity index is 620. The number of piperazine rings is 1. The zero-order valence-electron chi connectivity index (χ0n) is 16.6. The highest BCUT2D eigenvalue weighted by Crippen LogP contribution is 2.25. The number of amides is 2. The molecule has 1 aliphatic heterocycles. The normalized spacial score (nSPS) is 19.5. The van der Waals surface area contributed by atoms with Crippen molar-refractivity contribution in [3.8, 4) is 0 Å². The van der Waals surface area contributed by atoms with E-state index in [4.69, 9.17) is 0 Å². The lowest BCUT2D eigenvalue weighted by Gasteiger charge is -2.40. The molecule has 0 radical (unpaired) electrons. The van der Waals surface area contributed by atoms with Crippen LogP contribution in [-0.4, -0.2) is 78.4 Å². The summed E-state index contributed by atoms with van der Waals surface area (Å²) in [5.74, 6) is 0.302. The molecule has 0 bridgehead atoms. The number of benzene rings is 1. The average molecular weight is 373 g/mol. The summed E-state index contributed by atoms with van der Waals surface area (Å²) >= 11 is 0. The van der Waals surface area contributed by atoms with Crippen molar-refractivity contribution < 1.29 is 9.59 Å². The third kappa shape index (κ3) is 5.30. The van der Waals surface area contributed by atoms with E-state index in [-0.39, 0.29) is 17.9 Å². The molecule has 1 unspecified atom stereocenters. The third-order valence-corrected chi connectivity index (χ3v) is 5.51. The molecule has 2 fully saturated rings. The van der Waals surface area contributed by atoms with Crippen LogP contribution < -0.4 is 5.32 Å². The van der Waals surface area contributed by atoms with Crippen molar-refractivity contribution in [2.24, 2.45) is 0 Å². The van der Waals surface area contributed by atoms with Gasteiger partial charge in [0.25, 0.3) is 0 Å². The SMILES string of the molecule is CCN(CC)C(=O)C(c1ccccc1)N1CCN(CC(=O)NC2CC2)CC1. The van der Waals surface area contributed by atoms with Gasteiger partial charge in [-0.05, 0) is 32.3 Å². The van der Waals surface area contributed by atoms with Crippen molar-refractivity contribution in [3.63, 3.8) is 0 Å². The first-order valence-corrected chi connectivity index (χ1v) is 10.2. The minimum absolute atomic E-state index is 0.129. The zero-order chi connectivity index (χ0) is 19.2. The molecule has 1 N–H and O–H groups in total. The van der Waals surface area contributed by atoms with E-state index in [0.29, 0.717) is 12.6 Å². The van der Waals surface area contributed by atoms with Crippen molar-refractivity contribution in [1.29, 1.82) is 0 Å². The summed E-state index contributed by atoms with van der Waals surface area (Å²) in [7, 11) is 0. The van der Waals surface area contributed by atoms with Crippen LogP contribution in [0, 0.1) is 0 Å². The van der Waals surface area contributed by atoms with Gasteiger partial charge in [0.1, 0.15) is 6.04 Å². The molecule has 27 heavy (non-hydrogen) atoms. The molecule has 3 rings (SSSR count). The lowest BCUT2D eigenvalue weighted by Crippen LogP contribution is -2.53. The van der Waals surface area contributed by atoms with Gasteiger partial charge in [-0.2, -0.15) is 0 Å². The van der Waals surface area contributed by atoms with Gasteiger partial charge in [-0.25, -0.2) is 0 Å². The molecule has 1 saturated carbocycles. The maximum absolute atomic E-state index is 13.2. The van der Waals surface area contributed by atoms with Crippen LogP contribution in [0.15, 0.2) is 30.3 Å². The first-order valence-electron chi connectivity index (χ1n) is 10.2. The lowest BCUT2D eigenvalue weighted by atomic mass is 10.0. The number of carbonyl (C=O) groups is 2. The molecule has 0 aromatic heterocycles. The number of hydrogen-bond donors (Lipinski definition) is 1. The summed E-state index contributed by atoms with van der Waals surface area (Å²) in [5.41, 5.74) is 1.05. The van der Waals surface area contributed by atoms with Crippen LogP contribution in [0.25, 0.3) is 0 Å². The Morgan fingerprint density at radius 3 is 2.26 bits per heavy atom. The van der Waals surface area contributed by atoms with E-state index in [2.05, 4.69) is 15.1 Å². The van der Waals surface area contributed by atoms with Gasteiger partial charge in [0.05, 0.1) is 6.54 Å². The van der Waals surface area contributed by atoms with Gasteiger partial charge < -0.3 is 10.2 Å². The molecule has 1 aromatic carbocycles. The summed E-state index contributed by atoms with van der Waals surface area (Å²) in [5, 5.41) is 3.05. The lowest BCUT2D eigenvalue weighted by molar-refractivity contribution is -0.138. The molecule has 6 heteroatoms. The Morgan fingerprint density at radius 1 is 1.07 bits per heavy atom. The minimum Gasteiger partial charge on any atom is -0.352 e. The van der Waals surface area contributed by atoms with Crippen LogP contribution in [0.1, 0.15) is 38.3 Å². The third-order valence-electron chi connectivity index (χ3n) is 5.51. The zero-order valence-corrected chi connectivity index (χ0v) is 16.6. The van der Waals surface area contributed by atoms with Crippen LogP contribution in [0.3, 0.4) is 0 Å². The van der Waals surface area contributed by atoms with Crippen LogP contribution in [0.4, 0.5) is 0 Å². The maximum Gasteiger partial charge on any atom is 0.244 e. The van der Waals surface area contributed by atoms with Gasteiger partial charge in [0.15, 0.2) is 0 Å². The largest absolute Gasteiger partial charge is 0.352 e. The number of likely N-dealkylation sites (N-methyl/N-ethyl adjacent to an activating group) is 1. The van der Waals surface area contributed by atoms with Gasteiger partial charge >= 0.3 is 0 Å². The van der Waals surface area contributed by atoms with E-state index in [1.807, 2.05) is 49.1 Å². The monoisotopic (exact) mass is 372 g/mol. The Balaban J connectivity index is 1.63. The number of carbonyl (C=O) groups excluding carboxylic acids is 2. The van der Waals surface area contributed by atoms with Crippen LogP contribution in [0.5, 0.6) is 0 Å². The van der Waals surface area contributed by atoms with Crippen LogP contribution in [-0.2, 0) is 9.59 Å². The second-order valence-electron chi connectivity index (χ2n) is 7.48. The first kappa shape index (κ1) is 19.8. The Morgan fingerprint density at radius 2 is 1.70 bits per heavy atom. The summed E-state index contributed by atoms with van der Waals surface area (Å²) in [4.78, 5) is 31.6. The molecular formula is C21H32N4O2. The topological polar surface area (TPSA) is 55.9 Å². The Hall–Kier alpha value is -1.92. The first-order chi connectivity index (χ1) is 13.1.